The zero-order valence-corrected chi connectivity index (χ0v) is 7.34. The number of hydrogen-bond donors (Lipinski definition) is 1. The number of thiophene rings is 1. The minimum atomic E-state index is -0.382. The summed E-state index contributed by atoms with van der Waals surface area (Å²) in [6.45, 7) is 5.59. The van der Waals surface area contributed by atoms with Crippen LogP contribution in [0.15, 0.2) is 30.2 Å². The van der Waals surface area contributed by atoms with Crippen LogP contribution in [0, 0.1) is 5.92 Å². The fourth-order valence-electron chi connectivity index (χ4n) is 0.848. The lowest BCUT2D eigenvalue weighted by molar-refractivity contribution is 0.143. The molecule has 2 atom stereocenters. The van der Waals surface area contributed by atoms with Crippen molar-refractivity contribution in [2.24, 2.45) is 5.92 Å². The van der Waals surface area contributed by atoms with Gasteiger partial charge in [0.1, 0.15) is 0 Å². The smallest absolute Gasteiger partial charge is 0.0941 e. The van der Waals surface area contributed by atoms with Crippen LogP contribution in [0.5, 0.6) is 0 Å². The molecule has 0 saturated heterocycles. The van der Waals surface area contributed by atoms with Gasteiger partial charge in [0.2, 0.25) is 0 Å². The quantitative estimate of drug-likeness (QED) is 0.688. The molecule has 1 rings (SSSR count). The first kappa shape index (κ1) is 8.50. The first-order chi connectivity index (χ1) is 5.25. The van der Waals surface area contributed by atoms with Gasteiger partial charge in [-0.15, -0.1) is 17.9 Å². The van der Waals surface area contributed by atoms with Crippen LogP contribution in [0.2, 0.25) is 0 Å². The number of aliphatic hydroxyl groups excluding tert-OH is 1. The van der Waals surface area contributed by atoms with E-state index in [0.29, 0.717) is 0 Å². The zero-order valence-electron chi connectivity index (χ0n) is 6.53. The monoisotopic (exact) mass is 168 g/mol. The highest BCUT2D eigenvalue weighted by atomic mass is 32.1. The molecule has 0 bridgehead atoms. The van der Waals surface area contributed by atoms with Crippen molar-refractivity contribution >= 4 is 11.3 Å². The summed E-state index contributed by atoms with van der Waals surface area (Å²) >= 11 is 1.58. The SMILES string of the molecule is C=C[C@@H](C)[C@@H](O)c1cccs1. The van der Waals surface area contributed by atoms with E-state index in [9.17, 15) is 5.11 Å². The summed E-state index contributed by atoms with van der Waals surface area (Å²) in [7, 11) is 0. The fraction of sp³-hybridized carbons (Fsp3) is 0.333. The molecule has 0 fully saturated rings. The standard InChI is InChI=1S/C9H12OS/c1-3-7(2)9(10)8-5-4-6-11-8/h3-7,9-10H,1H2,2H3/t7-,9-/m1/s1. The Hall–Kier alpha value is -0.600. The van der Waals surface area contributed by atoms with Crippen LogP contribution in [0.25, 0.3) is 0 Å². The third-order valence-corrected chi connectivity index (χ3v) is 2.65. The van der Waals surface area contributed by atoms with E-state index in [4.69, 9.17) is 0 Å². The first-order valence-corrected chi connectivity index (χ1v) is 4.47. The molecule has 0 spiro atoms. The molecule has 1 nitrogen and oxygen atoms in total. The van der Waals surface area contributed by atoms with E-state index < -0.39 is 0 Å². The van der Waals surface area contributed by atoms with Crippen LogP contribution >= 0.6 is 11.3 Å². The van der Waals surface area contributed by atoms with E-state index in [-0.39, 0.29) is 12.0 Å². The average Bonchev–Trinajstić information content (AvgIpc) is 2.53. The van der Waals surface area contributed by atoms with Gasteiger partial charge in [-0.1, -0.05) is 19.1 Å². The normalized spacial score (nSPS) is 15.8. The Labute approximate surface area is 71.0 Å². The van der Waals surface area contributed by atoms with E-state index in [1.165, 1.54) is 0 Å². The van der Waals surface area contributed by atoms with Crippen molar-refractivity contribution in [3.8, 4) is 0 Å². The number of rotatable bonds is 3. The van der Waals surface area contributed by atoms with Crippen LogP contribution in [0.1, 0.15) is 17.9 Å². The summed E-state index contributed by atoms with van der Waals surface area (Å²) in [5, 5.41) is 11.6. The molecule has 11 heavy (non-hydrogen) atoms. The van der Waals surface area contributed by atoms with Crippen LogP contribution < -0.4 is 0 Å². The Balaban J connectivity index is 2.69. The third kappa shape index (κ3) is 1.91. The van der Waals surface area contributed by atoms with E-state index >= 15 is 0 Å². The Morgan fingerprint density at radius 3 is 2.91 bits per heavy atom. The van der Waals surface area contributed by atoms with Crippen LogP contribution in [0.3, 0.4) is 0 Å². The maximum atomic E-state index is 9.62. The van der Waals surface area contributed by atoms with Crippen molar-refractivity contribution in [2.75, 3.05) is 0 Å². The van der Waals surface area contributed by atoms with Gasteiger partial charge in [0, 0.05) is 10.8 Å². The average molecular weight is 168 g/mol. The first-order valence-electron chi connectivity index (χ1n) is 3.59. The molecular formula is C9H12OS. The zero-order chi connectivity index (χ0) is 8.27. The molecular weight excluding hydrogens is 156 g/mol. The lowest BCUT2D eigenvalue weighted by Crippen LogP contribution is -2.03. The topological polar surface area (TPSA) is 20.2 Å². The minimum Gasteiger partial charge on any atom is -0.387 e. The molecule has 0 saturated carbocycles. The van der Waals surface area contributed by atoms with E-state index in [1.54, 1.807) is 17.4 Å². The highest BCUT2D eigenvalue weighted by Crippen LogP contribution is 2.25. The van der Waals surface area contributed by atoms with Crippen molar-refractivity contribution in [1.82, 2.24) is 0 Å². The highest BCUT2D eigenvalue weighted by molar-refractivity contribution is 7.10. The molecule has 1 aromatic rings. The molecule has 1 N–H and O–H groups in total. The van der Waals surface area contributed by atoms with Crippen LogP contribution in [0.4, 0.5) is 0 Å². The third-order valence-electron chi connectivity index (χ3n) is 1.70. The van der Waals surface area contributed by atoms with Gasteiger partial charge in [-0.2, -0.15) is 0 Å². The Kier molecular flexibility index (Phi) is 2.85. The summed E-state index contributed by atoms with van der Waals surface area (Å²) in [4.78, 5) is 1.01. The molecule has 60 valence electrons. The highest BCUT2D eigenvalue weighted by Gasteiger charge is 2.13. The van der Waals surface area contributed by atoms with Gasteiger partial charge < -0.3 is 5.11 Å². The van der Waals surface area contributed by atoms with Crippen LogP contribution in [-0.2, 0) is 0 Å². The summed E-state index contributed by atoms with van der Waals surface area (Å²) < 4.78 is 0. The predicted molar refractivity (Wildman–Crippen MR) is 48.6 cm³/mol. The van der Waals surface area contributed by atoms with Crippen molar-refractivity contribution < 1.29 is 5.11 Å². The van der Waals surface area contributed by atoms with Crippen molar-refractivity contribution in [3.05, 3.63) is 35.0 Å². The molecule has 0 aliphatic carbocycles. The molecule has 0 radical (unpaired) electrons. The number of hydrogen-bond acceptors (Lipinski definition) is 2. The summed E-state index contributed by atoms with van der Waals surface area (Å²) in [6.07, 6.45) is 1.39. The van der Waals surface area contributed by atoms with Gasteiger partial charge in [0.05, 0.1) is 6.10 Å². The molecule has 2 heteroatoms. The Bertz CT molecular complexity index is 215. The van der Waals surface area contributed by atoms with Crippen molar-refractivity contribution in [1.29, 1.82) is 0 Å². The molecule has 0 unspecified atom stereocenters. The summed E-state index contributed by atoms with van der Waals surface area (Å²) in [5.41, 5.74) is 0. The number of aliphatic hydroxyl groups is 1. The largest absolute Gasteiger partial charge is 0.387 e. The van der Waals surface area contributed by atoms with Gasteiger partial charge >= 0.3 is 0 Å². The second kappa shape index (κ2) is 3.69. The van der Waals surface area contributed by atoms with E-state index in [2.05, 4.69) is 6.58 Å². The van der Waals surface area contributed by atoms with E-state index in [1.807, 2.05) is 24.4 Å². The van der Waals surface area contributed by atoms with Crippen LogP contribution in [-0.4, -0.2) is 5.11 Å². The van der Waals surface area contributed by atoms with Crippen molar-refractivity contribution in [2.45, 2.75) is 13.0 Å². The maximum absolute atomic E-state index is 9.62. The molecule has 0 aliphatic heterocycles. The minimum absolute atomic E-state index is 0.133. The summed E-state index contributed by atoms with van der Waals surface area (Å²) in [6, 6.07) is 3.88. The van der Waals surface area contributed by atoms with Gasteiger partial charge in [0.15, 0.2) is 0 Å². The van der Waals surface area contributed by atoms with Gasteiger partial charge in [-0.3, -0.25) is 0 Å². The van der Waals surface area contributed by atoms with Crippen molar-refractivity contribution in [3.63, 3.8) is 0 Å². The molecule has 1 aromatic heterocycles. The molecule has 0 aliphatic rings. The molecule has 0 aromatic carbocycles. The maximum Gasteiger partial charge on any atom is 0.0941 e. The molecule has 1 heterocycles. The second-order valence-electron chi connectivity index (χ2n) is 2.56. The molecule has 0 amide bonds. The lowest BCUT2D eigenvalue weighted by Gasteiger charge is -2.12. The second-order valence-corrected chi connectivity index (χ2v) is 3.53. The predicted octanol–water partition coefficient (Wildman–Crippen LogP) is 2.60. The van der Waals surface area contributed by atoms with Gasteiger partial charge in [0.25, 0.3) is 0 Å². The lowest BCUT2D eigenvalue weighted by atomic mass is 10.0. The Morgan fingerprint density at radius 2 is 2.45 bits per heavy atom. The van der Waals surface area contributed by atoms with Gasteiger partial charge in [-0.05, 0) is 11.4 Å². The Morgan fingerprint density at radius 1 is 1.73 bits per heavy atom. The van der Waals surface area contributed by atoms with Gasteiger partial charge in [-0.25, -0.2) is 0 Å². The fourth-order valence-corrected chi connectivity index (χ4v) is 1.67. The summed E-state index contributed by atoms with van der Waals surface area (Å²) in [5.74, 6) is 0.133. The van der Waals surface area contributed by atoms with E-state index in [0.717, 1.165) is 4.88 Å².